The van der Waals surface area contributed by atoms with E-state index in [0.29, 0.717) is 15.6 Å². The van der Waals surface area contributed by atoms with E-state index in [9.17, 15) is 8.42 Å². The number of aromatic nitrogens is 2. The van der Waals surface area contributed by atoms with E-state index in [-0.39, 0.29) is 0 Å². The van der Waals surface area contributed by atoms with Crippen molar-refractivity contribution in [2.45, 2.75) is 15.2 Å². The molecular formula is C53H32N2O2S. The summed E-state index contributed by atoms with van der Waals surface area (Å²) in [5.41, 5.74) is 16.2. The molecule has 0 fully saturated rings. The Balaban J connectivity index is 1.22. The van der Waals surface area contributed by atoms with Gasteiger partial charge in [-0.25, -0.2) is 18.4 Å². The minimum Gasteiger partial charge on any atom is -0.228 e. The SMILES string of the molecule is O=S1(=O)c2ccccc2-c2c1ccc1c2-c2ccccc2C12c1ccccc1-c1ccccc1-c1ccc(-c3nc(-c4ccccc4)cc(-c4ccccc4)n3)cc12. The van der Waals surface area contributed by atoms with Crippen molar-refractivity contribution in [1.82, 2.24) is 9.97 Å². The average molecular weight is 761 g/mol. The predicted molar refractivity (Wildman–Crippen MR) is 231 cm³/mol. The zero-order valence-corrected chi connectivity index (χ0v) is 31.9. The summed E-state index contributed by atoms with van der Waals surface area (Å²) in [5, 5.41) is 0. The first-order valence-electron chi connectivity index (χ1n) is 19.5. The van der Waals surface area contributed by atoms with Crippen molar-refractivity contribution < 1.29 is 8.42 Å². The third kappa shape index (κ3) is 4.42. The highest BCUT2D eigenvalue weighted by Crippen LogP contribution is 2.64. The van der Waals surface area contributed by atoms with Crippen LogP contribution in [0.15, 0.2) is 204 Å². The Morgan fingerprint density at radius 2 is 0.862 bits per heavy atom. The molecule has 1 atom stereocenters. The van der Waals surface area contributed by atoms with Gasteiger partial charge in [-0.2, -0.15) is 0 Å². The highest BCUT2D eigenvalue weighted by atomic mass is 32.2. The maximum absolute atomic E-state index is 14.2. The van der Waals surface area contributed by atoms with E-state index in [0.717, 1.165) is 94.8 Å². The van der Waals surface area contributed by atoms with Crippen molar-refractivity contribution in [2.24, 2.45) is 0 Å². The summed E-state index contributed by atoms with van der Waals surface area (Å²) < 4.78 is 28.4. The van der Waals surface area contributed by atoms with E-state index < -0.39 is 15.3 Å². The van der Waals surface area contributed by atoms with Gasteiger partial charge in [0.25, 0.3) is 0 Å². The standard InChI is InChI=1S/C53H32N2O2S/c56-58(57)48-26-14-11-23-41(48)51-49(58)30-29-44-50(51)40-22-10-13-25-43(40)53(44)42-24-12-9-21-38(42)36-19-7-8-20-37(36)39-28-27-35(31-45(39)53)52-54-46(33-15-3-1-4-16-33)32-47(55-52)34-17-5-2-6-18-34/h1-32H. The topological polar surface area (TPSA) is 59.9 Å². The van der Waals surface area contributed by atoms with Crippen LogP contribution in [0.25, 0.3) is 78.4 Å². The fourth-order valence-corrected chi connectivity index (χ4v) is 11.6. The number of sulfone groups is 1. The molecule has 1 unspecified atom stereocenters. The van der Waals surface area contributed by atoms with Crippen molar-refractivity contribution in [3.63, 3.8) is 0 Å². The van der Waals surface area contributed by atoms with Crippen molar-refractivity contribution in [3.05, 3.63) is 216 Å². The first kappa shape index (κ1) is 33.0. The Bertz CT molecular complexity index is 3250. The van der Waals surface area contributed by atoms with Crippen LogP contribution in [0.3, 0.4) is 0 Å². The van der Waals surface area contributed by atoms with Crippen LogP contribution in [-0.4, -0.2) is 18.4 Å². The van der Waals surface area contributed by atoms with Crippen LogP contribution < -0.4 is 0 Å². The minimum absolute atomic E-state index is 0.359. The van der Waals surface area contributed by atoms with Crippen LogP contribution in [0, 0.1) is 0 Å². The lowest BCUT2D eigenvalue weighted by Crippen LogP contribution is -2.29. The molecule has 272 valence electrons. The molecule has 0 amide bonds. The Labute approximate surface area is 336 Å². The number of fused-ring (bicyclic) bond motifs is 16. The second-order valence-electron chi connectivity index (χ2n) is 15.2. The van der Waals surface area contributed by atoms with Gasteiger partial charge in [0.05, 0.1) is 26.6 Å². The molecule has 1 aromatic heterocycles. The summed E-state index contributed by atoms with van der Waals surface area (Å²) in [7, 11) is -3.72. The molecule has 8 aromatic carbocycles. The highest BCUT2D eigenvalue weighted by molar-refractivity contribution is 7.92. The van der Waals surface area contributed by atoms with Crippen molar-refractivity contribution >= 4 is 9.84 Å². The quantitative estimate of drug-likeness (QED) is 0.180. The van der Waals surface area contributed by atoms with Gasteiger partial charge in [0.2, 0.25) is 9.84 Å². The van der Waals surface area contributed by atoms with Gasteiger partial charge in [0.15, 0.2) is 5.82 Å². The van der Waals surface area contributed by atoms with Gasteiger partial charge in [0, 0.05) is 27.8 Å². The first-order valence-corrected chi connectivity index (χ1v) is 21.0. The molecule has 4 nitrogen and oxygen atoms in total. The van der Waals surface area contributed by atoms with Gasteiger partial charge in [0.1, 0.15) is 0 Å². The Morgan fingerprint density at radius 3 is 1.52 bits per heavy atom. The molecule has 0 saturated carbocycles. The van der Waals surface area contributed by atoms with E-state index in [1.54, 1.807) is 6.07 Å². The molecule has 12 rings (SSSR count). The summed E-state index contributed by atoms with van der Waals surface area (Å²) in [4.78, 5) is 11.3. The summed E-state index contributed by atoms with van der Waals surface area (Å²) in [6.07, 6.45) is 0. The molecule has 0 saturated heterocycles. The van der Waals surface area contributed by atoms with Gasteiger partial charge < -0.3 is 0 Å². The van der Waals surface area contributed by atoms with Gasteiger partial charge in [-0.15, -0.1) is 0 Å². The molecule has 1 aliphatic heterocycles. The number of hydrogen-bond donors (Lipinski definition) is 0. The maximum Gasteiger partial charge on any atom is 0.207 e. The molecule has 1 spiro atoms. The van der Waals surface area contributed by atoms with Crippen LogP contribution in [0.2, 0.25) is 0 Å². The molecular weight excluding hydrogens is 729 g/mol. The van der Waals surface area contributed by atoms with Crippen LogP contribution >= 0.6 is 0 Å². The molecule has 58 heavy (non-hydrogen) atoms. The lowest BCUT2D eigenvalue weighted by molar-refractivity contribution is 0.598. The van der Waals surface area contributed by atoms with Gasteiger partial charge in [-0.05, 0) is 79.9 Å². The number of hydrogen-bond acceptors (Lipinski definition) is 4. The zero-order chi connectivity index (χ0) is 38.6. The largest absolute Gasteiger partial charge is 0.228 e. The smallest absolute Gasteiger partial charge is 0.207 e. The van der Waals surface area contributed by atoms with Crippen molar-refractivity contribution in [3.8, 4) is 78.4 Å². The summed E-state index contributed by atoms with van der Waals surface area (Å²) in [5.74, 6) is 0.629. The fourth-order valence-electron chi connectivity index (χ4n) is 9.91. The van der Waals surface area contributed by atoms with E-state index in [1.807, 2.05) is 60.7 Å². The second-order valence-corrected chi connectivity index (χ2v) is 17.1. The molecule has 2 heterocycles. The highest BCUT2D eigenvalue weighted by Gasteiger charge is 2.52. The van der Waals surface area contributed by atoms with E-state index >= 15 is 0 Å². The number of benzene rings is 8. The monoisotopic (exact) mass is 760 g/mol. The normalized spacial score (nSPS) is 15.9. The van der Waals surface area contributed by atoms with E-state index in [2.05, 4.69) is 127 Å². The summed E-state index contributed by atoms with van der Waals surface area (Å²) in [6.45, 7) is 0. The Morgan fingerprint density at radius 1 is 0.345 bits per heavy atom. The van der Waals surface area contributed by atoms with Crippen molar-refractivity contribution in [2.75, 3.05) is 0 Å². The van der Waals surface area contributed by atoms with Gasteiger partial charge >= 0.3 is 0 Å². The van der Waals surface area contributed by atoms with Crippen LogP contribution in [0.5, 0.6) is 0 Å². The Kier molecular flexibility index (Phi) is 6.91. The van der Waals surface area contributed by atoms with Crippen LogP contribution in [0.4, 0.5) is 0 Å². The molecule has 3 aliphatic rings. The summed E-state index contributed by atoms with van der Waals surface area (Å²) in [6, 6.07) is 66.7. The van der Waals surface area contributed by atoms with Crippen molar-refractivity contribution in [1.29, 1.82) is 0 Å². The lowest BCUT2D eigenvalue weighted by atomic mass is 9.65. The molecule has 5 heteroatoms. The minimum atomic E-state index is -3.72. The van der Waals surface area contributed by atoms with Gasteiger partial charge in [-0.3, -0.25) is 0 Å². The molecule has 0 radical (unpaired) electrons. The maximum atomic E-state index is 14.2. The van der Waals surface area contributed by atoms with Gasteiger partial charge in [-0.1, -0.05) is 170 Å². The van der Waals surface area contributed by atoms with E-state index in [1.165, 1.54) is 0 Å². The number of rotatable bonds is 3. The Hall–Kier alpha value is -7.21. The fraction of sp³-hybridized carbons (Fsp3) is 0.0189. The van der Waals surface area contributed by atoms with Crippen LogP contribution in [-0.2, 0) is 15.3 Å². The third-order valence-electron chi connectivity index (χ3n) is 12.3. The zero-order valence-electron chi connectivity index (χ0n) is 31.1. The van der Waals surface area contributed by atoms with E-state index in [4.69, 9.17) is 9.97 Å². The molecule has 9 aromatic rings. The third-order valence-corrected chi connectivity index (χ3v) is 14.1. The molecule has 0 bridgehead atoms. The van der Waals surface area contributed by atoms with Crippen LogP contribution in [0.1, 0.15) is 22.3 Å². The molecule has 2 aliphatic carbocycles. The second kappa shape index (κ2) is 12.1. The summed E-state index contributed by atoms with van der Waals surface area (Å²) >= 11 is 0. The lowest BCUT2D eigenvalue weighted by Gasteiger charge is -2.35. The average Bonchev–Trinajstić information content (AvgIpc) is 3.68. The number of nitrogens with zero attached hydrogens (tertiary/aromatic N) is 2. The first-order chi connectivity index (χ1) is 28.5. The molecule has 0 N–H and O–H groups in total. The predicted octanol–water partition coefficient (Wildman–Crippen LogP) is 12.3.